The number of aliphatic carboxylic acids is 1. The minimum Gasteiger partial charge on any atom is -0.481 e. The zero-order chi connectivity index (χ0) is 16.3. The van der Waals surface area contributed by atoms with Crippen molar-refractivity contribution in [3.05, 3.63) is 29.8 Å². The second-order valence-electron chi connectivity index (χ2n) is 5.23. The Kier molecular flexibility index (Phi) is 4.92. The van der Waals surface area contributed by atoms with Gasteiger partial charge >= 0.3 is 12.3 Å². The van der Waals surface area contributed by atoms with Gasteiger partial charge in [0.05, 0.1) is 12.0 Å². The first-order valence-electron chi connectivity index (χ1n) is 6.72. The van der Waals surface area contributed by atoms with Crippen LogP contribution in [0.1, 0.15) is 12.0 Å². The summed E-state index contributed by atoms with van der Waals surface area (Å²) in [5.41, 5.74) is 0.745. The van der Waals surface area contributed by atoms with E-state index in [1.54, 1.807) is 0 Å². The summed E-state index contributed by atoms with van der Waals surface area (Å²) in [6.45, 7) is 1.14. The third-order valence-corrected chi connectivity index (χ3v) is 3.54. The van der Waals surface area contributed by atoms with Crippen molar-refractivity contribution in [3.63, 3.8) is 0 Å². The molecular formula is C14H16F3NO4. The number of piperidine rings is 1. The number of ether oxygens (including phenoxy) is 1. The smallest absolute Gasteiger partial charge is 0.481 e. The number of carboxylic acid groups (broad SMARTS) is 1. The number of nitrogens with zero attached hydrogens (tertiary/aromatic N) is 1. The lowest BCUT2D eigenvalue weighted by Gasteiger charge is -2.34. The molecule has 1 heterocycles. The Morgan fingerprint density at radius 1 is 1.32 bits per heavy atom. The Hall–Kier alpha value is -1.80. The van der Waals surface area contributed by atoms with E-state index in [0.717, 1.165) is 5.56 Å². The van der Waals surface area contributed by atoms with Gasteiger partial charge in [-0.2, -0.15) is 0 Å². The van der Waals surface area contributed by atoms with E-state index >= 15 is 0 Å². The number of aliphatic hydroxyl groups excluding tert-OH is 1. The molecule has 2 N–H and O–H groups in total. The molecule has 2 atom stereocenters. The van der Waals surface area contributed by atoms with E-state index in [-0.39, 0.29) is 12.3 Å². The molecule has 5 nitrogen and oxygen atoms in total. The first-order valence-corrected chi connectivity index (χ1v) is 6.72. The van der Waals surface area contributed by atoms with E-state index in [0.29, 0.717) is 19.5 Å². The summed E-state index contributed by atoms with van der Waals surface area (Å²) in [6, 6.07) is 5.44. The number of likely N-dealkylation sites (tertiary alicyclic amines) is 1. The quantitative estimate of drug-likeness (QED) is 0.886. The van der Waals surface area contributed by atoms with Gasteiger partial charge in [-0.3, -0.25) is 9.69 Å². The fraction of sp³-hybridized carbons (Fsp3) is 0.500. The number of benzene rings is 1. The van der Waals surface area contributed by atoms with Gasteiger partial charge in [-0.25, -0.2) is 0 Å². The van der Waals surface area contributed by atoms with Gasteiger partial charge in [-0.1, -0.05) is 12.1 Å². The molecule has 22 heavy (non-hydrogen) atoms. The molecule has 1 aromatic rings. The van der Waals surface area contributed by atoms with Crippen molar-refractivity contribution in [2.45, 2.75) is 25.4 Å². The minimum absolute atomic E-state index is 0.206. The number of halogens is 3. The lowest BCUT2D eigenvalue weighted by atomic mass is 9.94. The zero-order valence-corrected chi connectivity index (χ0v) is 11.6. The molecule has 1 aromatic carbocycles. The summed E-state index contributed by atoms with van der Waals surface area (Å²) in [5.74, 6) is -2.19. The van der Waals surface area contributed by atoms with Gasteiger partial charge in [-0.05, 0) is 24.1 Å². The molecule has 0 aromatic heterocycles. The highest BCUT2D eigenvalue weighted by molar-refractivity contribution is 5.71. The van der Waals surface area contributed by atoms with Crippen LogP contribution in [0.25, 0.3) is 0 Å². The van der Waals surface area contributed by atoms with Gasteiger partial charge in [0, 0.05) is 19.6 Å². The third-order valence-electron chi connectivity index (χ3n) is 3.54. The lowest BCUT2D eigenvalue weighted by Crippen LogP contribution is -2.46. The lowest BCUT2D eigenvalue weighted by molar-refractivity contribution is -0.274. The molecule has 0 radical (unpaired) electrons. The molecule has 1 aliphatic heterocycles. The average molecular weight is 319 g/mol. The monoisotopic (exact) mass is 319 g/mol. The third kappa shape index (κ3) is 4.60. The molecule has 1 aliphatic rings. The fourth-order valence-electron chi connectivity index (χ4n) is 2.45. The minimum atomic E-state index is -4.72. The SMILES string of the molecule is O=C(O)[C@H]1CN(Cc2ccc(OC(F)(F)F)cc2)CC[C@@H]1O. The Morgan fingerprint density at radius 2 is 1.95 bits per heavy atom. The van der Waals surface area contributed by atoms with Crippen LogP contribution in [0.2, 0.25) is 0 Å². The summed E-state index contributed by atoms with van der Waals surface area (Å²) >= 11 is 0. The molecular weight excluding hydrogens is 303 g/mol. The molecule has 8 heteroatoms. The molecule has 0 amide bonds. The van der Waals surface area contributed by atoms with Crippen molar-refractivity contribution < 1.29 is 32.9 Å². The number of alkyl halides is 3. The van der Waals surface area contributed by atoms with E-state index < -0.39 is 24.4 Å². The van der Waals surface area contributed by atoms with E-state index in [1.807, 2.05) is 4.90 Å². The van der Waals surface area contributed by atoms with Crippen LogP contribution >= 0.6 is 0 Å². The van der Waals surface area contributed by atoms with Gasteiger partial charge in [0.25, 0.3) is 0 Å². The first kappa shape index (κ1) is 16.6. The predicted octanol–water partition coefficient (Wildman–Crippen LogP) is 1.85. The molecule has 0 aliphatic carbocycles. The van der Waals surface area contributed by atoms with Crippen LogP contribution in [0.4, 0.5) is 13.2 Å². The number of hydrogen-bond donors (Lipinski definition) is 2. The number of carbonyl (C=O) groups is 1. The Labute approximate surface area is 124 Å². The van der Waals surface area contributed by atoms with Crippen molar-refractivity contribution >= 4 is 5.97 Å². The highest BCUT2D eigenvalue weighted by Crippen LogP contribution is 2.24. The Bertz CT molecular complexity index is 518. The van der Waals surface area contributed by atoms with Crippen LogP contribution in [0, 0.1) is 5.92 Å². The molecule has 0 saturated carbocycles. The van der Waals surface area contributed by atoms with E-state index in [9.17, 15) is 23.1 Å². The summed E-state index contributed by atoms with van der Waals surface area (Å²) in [5, 5.41) is 18.7. The second kappa shape index (κ2) is 6.53. The molecule has 0 spiro atoms. The summed E-state index contributed by atoms with van der Waals surface area (Å²) in [7, 11) is 0. The second-order valence-corrected chi connectivity index (χ2v) is 5.23. The average Bonchev–Trinajstić information content (AvgIpc) is 2.41. The molecule has 122 valence electrons. The summed E-state index contributed by atoms with van der Waals surface area (Å²) in [6.07, 6.45) is -5.23. The molecule has 1 fully saturated rings. The van der Waals surface area contributed by atoms with Gasteiger partial charge < -0.3 is 14.9 Å². The predicted molar refractivity (Wildman–Crippen MR) is 70.2 cm³/mol. The van der Waals surface area contributed by atoms with Gasteiger partial charge in [0.15, 0.2) is 0 Å². The van der Waals surface area contributed by atoms with Crippen LogP contribution < -0.4 is 4.74 Å². The normalized spacial score (nSPS) is 23.3. The molecule has 1 saturated heterocycles. The van der Waals surface area contributed by atoms with Crippen LogP contribution in [-0.4, -0.2) is 46.6 Å². The Morgan fingerprint density at radius 3 is 2.50 bits per heavy atom. The van der Waals surface area contributed by atoms with Gasteiger partial charge in [0.2, 0.25) is 0 Å². The topological polar surface area (TPSA) is 70.0 Å². The standard InChI is InChI=1S/C14H16F3NO4/c15-14(16,17)22-10-3-1-9(2-4-10)7-18-6-5-12(19)11(8-18)13(20)21/h1-4,11-12,19H,5-8H2,(H,20,21)/t11-,12-/m0/s1. The van der Waals surface area contributed by atoms with E-state index in [2.05, 4.69) is 4.74 Å². The number of hydrogen-bond acceptors (Lipinski definition) is 4. The van der Waals surface area contributed by atoms with Crippen molar-refractivity contribution in [1.29, 1.82) is 0 Å². The largest absolute Gasteiger partial charge is 0.573 e. The maximum Gasteiger partial charge on any atom is 0.573 e. The number of rotatable bonds is 4. The molecule has 2 rings (SSSR count). The van der Waals surface area contributed by atoms with Crippen molar-refractivity contribution in [2.75, 3.05) is 13.1 Å². The zero-order valence-electron chi connectivity index (χ0n) is 11.6. The van der Waals surface area contributed by atoms with Crippen molar-refractivity contribution in [3.8, 4) is 5.75 Å². The fourth-order valence-corrected chi connectivity index (χ4v) is 2.45. The van der Waals surface area contributed by atoms with Crippen LogP contribution in [0.5, 0.6) is 5.75 Å². The molecule has 0 bridgehead atoms. The van der Waals surface area contributed by atoms with Crippen LogP contribution in [0.3, 0.4) is 0 Å². The van der Waals surface area contributed by atoms with Crippen molar-refractivity contribution in [2.24, 2.45) is 5.92 Å². The molecule has 0 unspecified atom stereocenters. The highest BCUT2D eigenvalue weighted by atomic mass is 19.4. The van der Waals surface area contributed by atoms with E-state index in [1.165, 1.54) is 24.3 Å². The first-order chi connectivity index (χ1) is 10.2. The summed E-state index contributed by atoms with van der Waals surface area (Å²) < 4.78 is 40.0. The van der Waals surface area contributed by atoms with E-state index in [4.69, 9.17) is 5.11 Å². The van der Waals surface area contributed by atoms with Crippen LogP contribution in [0.15, 0.2) is 24.3 Å². The highest BCUT2D eigenvalue weighted by Gasteiger charge is 2.33. The summed E-state index contributed by atoms with van der Waals surface area (Å²) in [4.78, 5) is 12.9. The van der Waals surface area contributed by atoms with Crippen molar-refractivity contribution in [1.82, 2.24) is 4.90 Å². The number of carboxylic acids is 1. The maximum absolute atomic E-state index is 12.1. The van der Waals surface area contributed by atoms with Gasteiger partial charge in [-0.15, -0.1) is 13.2 Å². The van der Waals surface area contributed by atoms with Gasteiger partial charge in [0.1, 0.15) is 5.75 Å². The maximum atomic E-state index is 12.1. The number of aliphatic hydroxyl groups is 1. The van der Waals surface area contributed by atoms with Crippen LogP contribution in [-0.2, 0) is 11.3 Å². The Balaban J connectivity index is 1.95.